The summed E-state index contributed by atoms with van der Waals surface area (Å²) < 4.78 is 48.4. The van der Waals surface area contributed by atoms with Gasteiger partial charge in [0.2, 0.25) is 11.8 Å². The van der Waals surface area contributed by atoms with E-state index in [9.17, 15) is 22.4 Å². The second-order valence-corrected chi connectivity index (χ2v) is 11.7. The molecule has 0 heterocycles. The van der Waals surface area contributed by atoms with Crippen molar-refractivity contribution in [1.82, 2.24) is 10.2 Å². The summed E-state index contributed by atoms with van der Waals surface area (Å²) in [5, 5.41) is 3.02. The summed E-state index contributed by atoms with van der Waals surface area (Å²) in [6, 6.07) is 19.1. The predicted molar refractivity (Wildman–Crippen MR) is 151 cm³/mol. The lowest BCUT2D eigenvalue weighted by molar-refractivity contribution is -0.139. The van der Waals surface area contributed by atoms with Crippen LogP contribution in [-0.4, -0.2) is 50.9 Å². The Hall–Kier alpha value is -3.92. The van der Waals surface area contributed by atoms with E-state index in [1.54, 1.807) is 56.5 Å². The molecular weight excluding hydrogens is 533 g/mol. The Morgan fingerprint density at radius 3 is 2.23 bits per heavy atom. The first-order chi connectivity index (χ1) is 19.2. The van der Waals surface area contributed by atoms with E-state index in [1.165, 1.54) is 35.2 Å². The summed E-state index contributed by atoms with van der Waals surface area (Å²) in [7, 11) is -2.78. The van der Waals surface area contributed by atoms with Gasteiger partial charge in [0, 0.05) is 12.6 Å². The SMILES string of the molecule is COc1ccc(CN(C(=O)CN(c2ccccc2F)S(=O)(=O)c2ccccc2)[C@H](C)C(=O)NC2CCCC2)cc1. The van der Waals surface area contributed by atoms with E-state index in [1.807, 2.05) is 0 Å². The quantitative estimate of drug-likeness (QED) is 0.368. The number of anilines is 1. The van der Waals surface area contributed by atoms with Crippen molar-refractivity contribution in [3.8, 4) is 5.75 Å². The predicted octanol–water partition coefficient (Wildman–Crippen LogP) is 4.51. The second kappa shape index (κ2) is 13.0. The van der Waals surface area contributed by atoms with Crippen LogP contribution in [0.3, 0.4) is 0 Å². The van der Waals surface area contributed by atoms with Crippen LogP contribution in [-0.2, 0) is 26.2 Å². The molecule has 0 spiro atoms. The molecule has 212 valence electrons. The van der Waals surface area contributed by atoms with E-state index >= 15 is 0 Å². The van der Waals surface area contributed by atoms with Crippen molar-refractivity contribution in [2.75, 3.05) is 18.0 Å². The summed E-state index contributed by atoms with van der Waals surface area (Å²) in [4.78, 5) is 28.4. The van der Waals surface area contributed by atoms with Gasteiger partial charge in [0.15, 0.2) is 0 Å². The van der Waals surface area contributed by atoms with Crippen molar-refractivity contribution in [2.24, 2.45) is 0 Å². The molecule has 3 aromatic rings. The van der Waals surface area contributed by atoms with Gasteiger partial charge in [-0.25, -0.2) is 12.8 Å². The molecular formula is C30H34FN3O5S. The van der Waals surface area contributed by atoms with Crippen LogP contribution in [0.4, 0.5) is 10.1 Å². The molecule has 0 aliphatic heterocycles. The third-order valence-electron chi connectivity index (χ3n) is 7.11. The second-order valence-electron chi connectivity index (χ2n) is 9.81. The maximum absolute atomic E-state index is 15.0. The van der Waals surface area contributed by atoms with Crippen LogP contribution in [0, 0.1) is 5.82 Å². The van der Waals surface area contributed by atoms with Gasteiger partial charge in [-0.15, -0.1) is 0 Å². The lowest BCUT2D eigenvalue weighted by Gasteiger charge is -2.32. The smallest absolute Gasteiger partial charge is 0.264 e. The molecule has 0 aromatic heterocycles. The van der Waals surface area contributed by atoms with E-state index in [0.717, 1.165) is 41.6 Å². The number of amides is 2. The van der Waals surface area contributed by atoms with E-state index < -0.39 is 34.3 Å². The molecule has 40 heavy (non-hydrogen) atoms. The number of carbonyl (C=O) groups is 2. The third kappa shape index (κ3) is 6.80. The van der Waals surface area contributed by atoms with Crippen LogP contribution in [0.15, 0.2) is 83.8 Å². The fourth-order valence-corrected chi connectivity index (χ4v) is 6.23. The molecule has 0 saturated heterocycles. The number of ether oxygens (including phenoxy) is 1. The van der Waals surface area contributed by atoms with E-state index in [4.69, 9.17) is 4.74 Å². The number of sulfonamides is 1. The molecule has 1 fully saturated rings. The Morgan fingerprint density at radius 2 is 1.60 bits per heavy atom. The monoisotopic (exact) mass is 567 g/mol. The summed E-state index contributed by atoms with van der Waals surface area (Å²) in [6.07, 6.45) is 3.81. The van der Waals surface area contributed by atoms with Crippen molar-refractivity contribution in [3.05, 3.63) is 90.2 Å². The zero-order chi connectivity index (χ0) is 28.7. The number of carbonyl (C=O) groups excluding carboxylic acids is 2. The van der Waals surface area contributed by atoms with Gasteiger partial charge < -0.3 is 15.0 Å². The minimum atomic E-state index is -4.32. The Bertz CT molecular complexity index is 1410. The average Bonchev–Trinajstić information content (AvgIpc) is 3.48. The topological polar surface area (TPSA) is 96.0 Å². The number of halogens is 1. The number of nitrogens with one attached hydrogen (secondary N) is 1. The van der Waals surface area contributed by atoms with Gasteiger partial charge in [-0.2, -0.15) is 0 Å². The van der Waals surface area contributed by atoms with E-state index in [2.05, 4.69) is 5.32 Å². The number of para-hydroxylation sites is 1. The van der Waals surface area contributed by atoms with Crippen LogP contribution in [0.5, 0.6) is 5.75 Å². The number of hydrogen-bond donors (Lipinski definition) is 1. The molecule has 0 unspecified atom stereocenters. The molecule has 0 radical (unpaired) electrons. The largest absolute Gasteiger partial charge is 0.497 e. The zero-order valence-corrected chi connectivity index (χ0v) is 23.4. The van der Waals surface area contributed by atoms with Crippen LogP contribution in [0.1, 0.15) is 38.2 Å². The summed E-state index contributed by atoms with van der Waals surface area (Å²) in [5.41, 5.74) is 0.463. The molecule has 1 saturated carbocycles. The number of benzene rings is 3. The summed E-state index contributed by atoms with van der Waals surface area (Å²) >= 11 is 0. The highest BCUT2D eigenvalue weighted by Crippen LogP contribution is 2.27. The number of hydrogen-bond acceptors (Lipinski definition) is 5. The molecule has 10 heteroatoms. The maximum atomic E-state index is 15.0. The Labute approximate surface area is 234 Å². The molecule has 1 N–H and O–H groups in total. The highest BCUT2D eigenvalue weighted by atomic mass is 32.2. The lowest BCUT2D eigenvalue weighted by Crippen LogP contribution is -2.52. The molecule has 8 nitrogen and oxygen atoms in total. The van der Waals surface area contributed by atoms with Gasteiger partial charge in [-0.05, 0) is 61.7 Å². The molecule has 3 aromatic carbocycles. The fourth-order valence-electron chi connectivity index (χ4n) is 4.79. The van der Waals surface area contributed by atoms with E-state index in [0.29, 0.717) is 5.75 Å². The first kappa shape index (κ1) is 29.1. The zero-order valence-electron chi connectivity index (χ0n) is 22.6. The van der Waals surface area contributed by atoms with Gasteiger partial charge >= 0.3 is 0 Å². The lowest BCUT2D eigenvalue weighted by atomic mass is 10.1. The molecule has 1 aliphatic carbocycles. The van der Waals surface area contributed by atoms with Crippen LogP contribution in [0.25, 0.3) is 0 Å². The van der Waals surface area contributed by atoms with Crippen molar-refractivity contribution in [2.45, 2.75) is 56.1 Å². The standard InChI is InChI=1S/C30H34FN3O5S/c1-22(30(36)32-24-10-6-7-11-24)33(20-23-16-18-25(39-2)19-17-23)29(35)21-34(28-15-9-8-14-27(28)31)40(37,38)26-12-4-3-5-13-26/h3-5,8-9,12-19,22,24H,6-7,10-11,20-21H2,1-2H3,(H,32,36)/t22-/m1/s1. The Balaban J connectivity index is 1.68. The molecule has 2 amide bonds. The van der Waals surface area contributed by atoms with Gasteiger partial charge in [-0.3, -0.25) is 13.9 Å². The van der Waals surface area contributed by atoms with Crippen LogP contribution < -0.4 is 14.4 Å². The van der Waals surface area contributed by atoms with Crippen LogP contribution in [0.2, 0.25) is 0 Å². The first-order valence-electron chi connectivity index (χ1n) is 13.3. The van der Waals surface area contributed by atoms with Crippen molar-refractivity contribution >= 4 is 27.5 Å². The summed E-state index contributed by atoms with van der Waals surface area (Å²) in [6.45, 7) is 0.957. The number of methoxy groups -OCH3 is 1. The van der Waals surface area contributed by atoms with Crippen molar-refractivity contribution in [1.29, 1.82) is 0 Å². The van der Waals surface area contributed by atoms with Crippen LogP contribution >= 0.6 is 0 Å². The molecule has 1 atom stereocenters. The highest BCUT2D eigenvalue weighted by Gasteiger charge is 2.34. The third-order valence-corrected chi connectivity index (χ3v) is 8.89. The number of rotatable bonds is 11. The van der Waals surface area contributed by atoms with Gasteiger partial charge in [0.05, 0.1) is 17.7 Å². The molecule has 0 bridgehead atoms. The molecule has 1 aliphatic rings. The Kier molecular flexibility index (Phi) is 9.42. The van der Waals surface area contributed by atoms with Gasteiger partial charge in [0.1, 0.15) is 24.2 Å². The maximum Gasteiger partial charge on any atom is 0.264 e. The van der Waals surface area contributed by atoms with Gasteiger partial charge in [0.25, 0.3) is 10.0 Å². The highest BCUT2D eigenvalue weighted by molar-refractivity contribution is 7.92. The molecule has 4 rings (SSSR count). The Morgan fingerprint density at radius 1 is 0.975 bits per heavy atom. The van der Waals surface area contributed by atoms with Crippen molar-refractivity contribution in [3.63, 3.8) is 0 Å². The van der Waals surface area contributed by atoms with Gasteiger partial charge in [-0.1, -0.05) is 55.3 Å². The van der Waals surface area contributed by atoms with E-state index in [-0.39, 0.29) is 29.1 Å². The minimum Gasteiger partial charge on any atom is -0.497 e. The van der Waals surface area contributed by atoms with Crippen molar-refractivity contribution < 1.29 is 27.1 Å². The number of nitrogens with zero attached hydrogens (tertiary/aromatic N) is 2. The summed E-state index contributed by atoms with van der Waals surface area (Å²) in [5.74, 6) is -1.12. The first-order valence-corrected chi connectivity index (χ1v) is 14.7. The average molecular weight is 568 g/mol. The normalized spacial score (nSPS) is 14.4. The minimum absolute atomic E-state index is 0.0403. The fraction of sp³-hybridized carbons (Fsp3) is 0.333.